The van der Waals surface area contributed by atoms with Gasteiger partial charge in [0.15, 0.2) is 0 Å². The Morgan fingerprint density at radius 3 is 2.64 bits per heavy atom. The summed E-state index contributed by atoms with van der Waals surface area (Å²) in [7, 11) is 0. The van der Waals surface area contributed by atoms with Crippen LogP contribution in [-0.4, -0.2) is 9.78 Å². The van der Waals surface area contributed by atoms with Gasteiger partial charge in [0, 0.05) is 5.69 Å². The minimum Gasteiger partial charge on any atom is -0.208 e. The lowest BCUT2D eigenvalue weighted by Crippen LogP contribution is -2.04. The summed E-state index contributed by atoms with van der Waals surface area (Å²) in [5.74, 6) is 0. The van der Waals surface area contributed by atoms with Gasteiger partial charge in [0.2, 0.25) is 0 Å². The summed E-state index contributed by atoms with van der Waals surface area (Å²) in [6.45, 7) is 1.02. The van der Waals surface area contributed by atoms with Gasteiger partial charge >= 0.3 is 6.55 Å². The van der Waals surface area contributed by atoms with E-state index in [-0.39, 0.29) is 0 Å². The fourth-order valence-electron chi connectivity index (χ4n) is 1.00. The smallest absolute Gasteiger partial charge is 0.208 e. The van der Waals surface area contributed by atoms with Crippen molar-refractivity contribution in [3.63, 3.8) is 0 Å². The van der Waals surface area contributed by atoms with Crippen molar-refractivity contribution in [3.8, 4) is 0 Å². The summed E-state index contributed by atoms with van der Waals surface area (Å²) >= 11 is 0. The molecule has 2 nitrogen and oxygen atoms in total. The molecule has 0 aliphatic rings. The van der Waals surface area contributed by atoms with Crippen LogP contribution in [0.1, 0.15) is 24.9 Å². The lowest BCUT2D eigenvalue weighted by molar-refractivity contribution is 0.0533. The van der Waals surface area contributed by atoms with Crippen LogP contribution >= 0.6 is 0 Å². The average Bonchev–Trinajstić information content (AvgIpc) is 2.30. The van der Waals surface area contributed by atoms with Crippen LogP contribution in [0.4, 0.5) is 8.78 Å². The van der Waals surface area contributed by atoms with Crippen LogP contribution in [0.2, 0.25) is 0 Å². The number of halogens is 2. The first-order valence-corrected chi connectivity index (χ1v) is 3.48. The summed E-state index contributed by atoms with van der Waals surface area (Å²) in [5.41, 5.74) is 1.22. The van der Waals surface area contributed by atoms with Gasteiger partial charge in [-0.05, 0) is 19.4 Å². The quantitative estimate of drug-likeness (QED) is 0.648. The summed E-state index contributed by atoms with van der Waals surface area (Å²) in [4.78, 5) is 0. The molecule has 0 saturated heterocycles. The third-order valence-electron chi connectivity index (χ3n) is 1.48. The van der Waals surface area contributed by atoms with E-state index >= 15 is 0 Å². The standard InChI is InChI=1S/C7H10F2N2/c1-3-6-4-5(2)10-11(6)7(8)9/h4,7H,3H2,1-2H3. The second-order valence-electron chi connectivity index (χ2n) is 2.35. The third kappa shape index (κ3) is 1.56. The number of alkyl halides is 2. The normalized spacial score (nSPS) is 11.0. The highest BCUT2D eigenvalue weighted by molar-refractivity contribution is 5.08. The van der Waals surface area contributed by atoms with E-state index in [2.05, 4.69) is 5.10 Å². The van der Waals surface area contributed by atoms with Gasteiger partial charge in [0.25, 0.3) is 0 Å². The summed E-state index contributed by atoms with van der Waals surface area (Å²) in [6, 6.07) is 1.67. The van der Waals surface area contributed by atoms with E-state index in [9.17, 15) is 8.78 Å². The van der Waals surface area contributed by atoms with Crippen LogP contribution in [0, 0.1) is 6.92 Å². The molecule has 0 unspecified atom stereocenters. The first-order valence-electron chi connectivity index (χ1n) is 3.48. The van der Waals surface area contributed by atoms with Crippen LogP contribution in [0.5, 0.6) is 0 Å². The lowest BCUT2D eigenvalue weighted by atomic mass is 10.3. The molecule has 1 aromatic rings. The Morgan fingerprint density at radius 1 is 1.64 bits per heavy atom. The third-order valence-corrected chi connectivity index (χ3v) is 1.48. The van der Waals surface area contributed by atoms with E-state index in [0.29, 0.717) is 17.8 Å². The van der Waals surface area contributed by atoms with Crippen molar-refractivity contribution in [1.82, 2.24) is 9.78 Å². The summed E-state index contributed by atoms with van der Waals surface area (Å²) in [5, 5.41) is 3.65. The van der Waals surface area contributed by atoms with E-state index in [4.69, 9.17) is 0 Å². The van der Waals surface area contributed by atoms with Crippen molar-refractivity contribution in [2.75, 3.05) is 0 Å². The largest absolute Gasteiger partial charge is 0.333 e. The number of hydrogen-bond acceptors (Lipinski definition) is 1. The first-order chi connectivity index (χ1) is 5.15. The molecule has 4 heteroatoms. The van der Waals surface area contributed by atoms with E-state index in [1.807, 2.05) is 6.92 Å². The Balaban J connectivity index is 3.02. The first kappa shape index (κ1) is 8.17. The summed E-state index contributed by atoms with van der Waals surface area (Å²) < 4.78 is 25.0. The highest BCUT2D eigenvalue weighted by Crippen LogP contribution is 2.14. The van der Waals surface area contributed by atoms with Crippen LogP contribution in [-0.2, 0) is 6.42 Å². The molecule has 0 N–H and O–H groups in total. The summed E-state index contributed by atoms with van der Waals surface area (Å²) in [6.07, 6.45) is 0.588. The predicted octanol–water partition coefficient (Wildman–Crippen LogP) is 2.15. The Hall–Kier alpha value is -0.930. The van der Waals surface area contributed by atoms with Gasteiger partial charge in [-0.15, -0.1) is 0 Å². The van der Waals surface area contributed by atoms with Gasteiger partial charge in [-0.2, -0.15) is 13.9 Å². The molecule has 0 bridgehead atoms. The average molecular weight is 160 g/mol. The molecular formula is C7H10F2N2. The molecule has 0 aromatic carbocycles. The van der Waals surface area contributed by atoms with Crippen molar-refractivity contribution in [2.45, 2.75) is 26.8 Å². The molecule has 1 heterocycles. The van der Waals surface area contributed by atoms with E-state index < -0.39 is 6.55 Å². The Labute approximate surface area is 63.8 Å². The molecule has 1 aromatic heterocycles. The molecule has 0 fully saturated rings. The van der Waals surface area contributed by atoms with Gasteiger partial charge in [-0.1, -0.05) is 6.92 Å². The number of nitrogens with zero attached hydrogens (tertiary/aromatic N) is 2. The fourth-order valence-corrected chi connectivity index (χ4v) is 1.00. The zero-order chi connectivity index (χ0) is 8.43. The number of aromatic nitrogens is 2. The Bertz CT molecular complexity index is 243. The molecule has 0 saturated carbocycles. The highest BCUT2D eigenvalue weighted by atomic mass is 19.3. The van der Waals surface area contributed by atoms with Crippen molar-refractivity contribution < 1.29 is 8.78 Å². The van der Waals surface area contributed by atoms with Crippen molar-refractivity contribution in [2.24, 2.45) is 0 Å². The molecule has 0 atom stereocenters. The van der Waals surface area contributed by atoms with Crippen LogP contribution in [0.25, 0.3) is 0 Å². The lowest BCUT2D eigenvalue weighted by Gasteiger charge is -2.01. The van der Waals surface area contributed by atoms with Crippen molar-refractivity contribution in [1.29, 1.82) is 0 Å². The van der Waals surface area contributed by atoms with Gasteiger partial charge < -0.3 is 0 Å². The van der Waals surface area contributed by atoms with Gasteiger partial charge in [0.1, 0.15) is 0 Å². The van der Waals surface area contributed by atoms with Gasteiger partial charge in [-0.3, -0.25) is 0 Å². The van der Waals surface area contributed by atoms with Crippen LogP contribution < -0.4 is 0 Å². The molecule has 0 radical (unpaired) electrons. The van der Waals surface area contributed by atoms with E-state index in [1.165, 1.54) is 0 Å². The second kappa shape index (κ2) is 2.98. The number of rotatable bonds is 2. The maximum atomic E-state index is 12.1. The zero-order valence-corrected chi connectivity index (χ0v) is 6.51. The zero-order valence-electron chi connectivity index (χ0n) is 6.51. The topological polar surface area (TPSA) is 17.8 Å². The maximum Gasteiger partial charge on any atom is 0.333 e. The molecule has 11 heavy (non-hydrogen) atoms. The molecule has 0 spiro atoms. The maximum absolute atomic E-state index is 12.1. The second-order valence-corrected chi connectivity index (χ2v) is 2.35. The van der Waals surface area contributed by atoms with Crippen molar-refractivity contribution in [3.05, 3.63) is 17.5 Å². The molecule has 0 aliphatic carbocycles. The van der Waals surface area contributed by atoms with E-state index in [0.717, 1.165) is 4.68 Å². The molecule has 0 aliphatic heterocycles. The van der Waals surface area contributed by atoms with E-state index in [1.54, 1.807) is 13.0 Å². The molecule has 0 amide bonds. The fraction of sp³-hybridized carbons (Fsp3) is 0.571. The van der Waals surface area contributed by atoms with Crippen LogP contribution in [0.3, 0.4) is 0 Å². The van der Waals surface area contributed by atoms with Gasteiger partial charge in [-0.25, -0.2) is 4.68 Å². The SMILES string of the molecule is CCc1cc(C)nn1C(F)F. The van der Waals surface area contributed by atoms with Crippen LogP contribution in [0.15, 0.2) is 6.07 Å². The monoisotopic (exact) mass is 160 g/mol. The predicted molar refractivity (Wildman–Crippen MR) is 37.6 cm³/mol. The molecule has 1 rings (SSSR count). The number of hydrogen-bond donors (Lipinski definition) is 0. The highest BCUT2D eigenvalue weighted by Gasteiger charge is 2.11. The Morgan fingerprint density at radius 2 is 2.27 bits per heavy atom. The molecular weight excluding hydrogens is 150 g/mol. The number of aryl methyl sites for hydroxylation is 2. The Kier molecular flexibility index (Phi) is 2.22. The molecule has 62 valence electrons. The minimum atomic E-state index is -2.52. The van der Waals surface area contributed by atoms with Crippen molar-refractivity contribution >= 4 is 0 Å². The minimum absolute atomic E-state index is 0.581. The van der Waals surface area contributed by atoms with Gasteiger partial charge in [0.05, 0.1) is 5.69 Å².